The molecule has 11 rings (SSSR count). The Bertz CT molecular complexity index is 3240. The van der Waals surface area contributed by atoms with E-state index in [0.29, 0.717) is 17.5 Å². The molecule has 0 amide bonds. The van der Waals surface area contributed by atoms with Gasteiger partial charge in [0.2, 0.25) is 0 Å². The Morgan fingerprint density at radius 2 is 0.586 bits per heavy atom. The largest absolute Gasteiger partial charge is 0.208 e. The summed E-state index contributed by atoms with van der Waals surface area (Å²) in [6.45, 7) is 0. The molecule has 1 heterocycles. The molecule has 1 aromatic heterocycles. The second kappa shape index (κ2) is 14.1. The SMILES string of the molecule is c1ccc(-c2nc(-c3ccccc3)nc(-c3ccc(-c4ccc(-c5cc6c7ccccc7c(-c7cccc8ccccc78)cc6c6ccccc56)cc4)cc3)n2)cc1. The van der Waals surface area contributed by atoms with Crippen LogP contribution >= 0.6 is 0 Å². The first-order valence-electron chi connectivity index (χ1n) is 19.7. The molecule has 58 heavy (non-hydrogen) atoms. The standard InChI is InChI=1S/C55H35N3/c1-3-15-40(16-4-1)53-56-54(41-17-5-2-6-18-41)58-55(57-53)42-32-28-37(29-33-42)36-26-30-39(31-27-36)49-34-51-48-24-12-11-23-47(48)50(35-52(51)46-22-10-9-21-45(46)49)44-25-13-19-38-14-7-8-20-43(38)44/h1-35H. The molecule has 0 atom stereocenters. The first-order chi connectivity index (χ1) is 28.7. The second-order valence-corrected chi connectivity index (χ2v) is 14.8. The lowest BCUT2D eigenvalue weighted by Crippen LogP contribution is -2.00. The first-order valence-corrected chi connectivity index (χ1v) is 19.7. The van der Waals surface area contributed by atoms with Gasteiger partial charge in [-0.3, -0.25) is 0 Å². The minimum absolute atomic E-state index is 0.648. The van der Waals surface area contributed by atoms with E-state index in [-0.39, 0.29) is 0 Å². The minimum atomic E-state index is 0.648. The smallest absolute Gasteiger partial charge is 0.164 e. The van der Waals surface area contributed by atoms with Crippen molar-refractivity contribution in [1.82, 2.24) is 15.0 Å². The fourth-order valence-corrected chi connectivity index (χ4v) is 8.46. The third kappa shape index (κ3) is 5.89. The van der Waals surface area contributed by atoms with Crippen LogP contribution in [0.15, 0.2) is 212 Å². The van der Waals surface area contributed by atoms with E-state index >= 15 is 0 Å². The summed E-state index contributed by atoms with van der Waals surface area (Å²) in [6, 6.07) is 75.5. The Kier molecular flexibility index (Phi) is 8.15. The average Bonchev–Trinajstić information content (AvgIpc) is 3.31. The van der Waals surface area contributed by atoms with Crippen LogP contribution in [-0.2, 0) is 0 Å². The van der Waals surface area contributed by atoms with Crippen LogP contribution in [0.3, 0.4) is 0 Å². The summed E-state index contributed by atoms with van der Waals surface area (Å²) in [5.74, 6) is 1.96. The van der Waals surface area contributed by atoms with Crippen molar-refractivity contribution in [2.75, 3.05) is 0 Å². The summed E-state index contributed by atoms with van der Waals surface area (Å²) >= 11 is 0. The third-order valence-corrected chi connectivity index (χ3v) is 11.3. The van der Waals surface area contributed by atoms with E-state index < -0.39 is 0 Å². The van der Waals surface area contributed by atoms with Gasteiger partial charge < -0.3 is 0 Å². The first kappa shape index (κ1) is 33.6. The van der Waals surface area contributed by atoms with Crippen LogP contribution in [0.2, 0.25) is 0 Å². The molecule has 0 radical (unpaired) electrons. The van der Waals surface area contributed by atoms with Crippen LogP contribution in [0.4, 0.5) is 0 Å². The van der Waals surface area contributed by atoms with Crippen molar-refractivity contribution in [2.45, 2.75) is 0 Å². The van der Waals surface area contributed by atoms with Crippen LogP contribution < -0.4 is 0 Å². The van der Waals surface area contributed by atoms with Crippen LogP contribution in [0.1, 0.15) is 0 Å². The van der Waals surface area contributed by atoms with E-state index in [2.05, 4.69) is 152 Å². The van der Waals surface area contributed by atoms with E-state index in [9.17, 15) is 0 Å². The molecule has 0 fully saturated rings. The van der Waals surface area contributed by atoms with Gasteiger partial charge in [-0.2, -0.15) is 0 Å². The summed E-state index contributed by atoms with van der Waals surface area (Å²) < 4.78 is 0. The van der Waals surface area contributed by atoms with Gasteiger partial charge >= 0.3 is 0 Å². The number of aromatic nitrogens is 3. The molecule has 0 spiro atoms. The quantitative estimate of drug-likeness (QED) is 0.160. The van der Waals surface area contributed by atoms with Crippen molar-refractivity contribution < 1.29 is 0 Å². The zero-order valence-corrected chi connectivity index (χ0v) is 31.5. The van der Waals surface area contributed by atoms with Crippen molar-refractivity contribution >= 4 is 43.1 Å². The number of benzene rings is 10. The monoisotopic (exact) mass is 737 g/mol. The molecular formula is C55H35N3. The third-order valence-electron chi connectivity index (χ3n) is 11.3. The number of hydrogen-bond acceptors (Lipinski definition) is 3. The van der Waals surface area contributed by atoms with Gasteiger partial charge in [-0.1, -0.05) is 200 Å². The predicted octanol–water partition coefficient (Wildman–Crippen LogP) is 14.5. The Hall–Kier alpha value is -7.75. The summed E-state index contributed by atoms with van der Waals surface area (Å²) in [5, 5.41) is 10.1. The van der Waals surface area contributed by atoms with Gasteiger partial charge in [0, 0.05) is 16.7 Å². The number of hydrogen-bond donors (Lipinski definition) is 0. The maximum Gasteiger partial charge on any atom is 0.164 e. The maximum atomic E-state index is 4.92. The topological polar surface area (TPSA) is 38.7 Å². The predicted molar refractivity (Wildman–Crippen MR) is 242 cm³/mol. The van der Waals surface area contributed by atoms with Crippen molar-refractivity contribution in [3.05, 3.63) is 212 Å². The molecule has 0 bridgehead atoms. The normalized spacial score (nSPS) is 11.4. The maximum absolute atomic E-state index is 4.92. The van der Waals surface area contributed by atoms with Gasteiger partial charge in [0.25, 0.3) is 0 Å². The van der Waals surface area contributed by atoms with Crippen molar-refractivity contribution in [1.29, 1.82) is 0 Å². The van der Waals surface area contributed by atoms with Crippen LogP contribution in [-0.4, -0.2) is 15.0 Å². The van der Waals surface area contributed by atoms with Crippen molar-refractivity contribution in [3.63, 3.8) is 0 Å². The van der Waals surface area contributed by atoms with Gasteiger partial charge in [0.1, 0.15) is 0 Å². The Labute approximate surface area is 336 Å². The van der Waals surface area contributed by atoms with E-state index in [4.69, 9.17) is 15.0 Å². The molecule has 0 aliphatic carbocycles. The molecule has 10 aromatic carbocycles. The van der Waals surface area contributed by atoms with Gasteiger partial charge in [-0.25, -0.2) is 15.0 Å². The molecular weight excluding hydrogens is 703 g/mol. The molecule has 270 valence electrons. The van der Waals surface area contributed by atoms with Gasteiger partial charge in [0.05, 0.1) is 0 Å². The van der Waals surface area contributed by atoms with Crippen molar-refractivity contribution in [3.8, 4) is 67.5 Å². The number of fused-ring (bicyclic) bond motifs is 6. The molecule has 11 aromatic rings. The minimum Gasteiger partial charge on any atom is -0.208 e. The van der Waals surface area contributed by atoms with Crippen LogP contribution in [0, 0.1) is 0 Å². The number of rotatable bonds is 6. The highest BCUT2D eigenvalue weighted by atomic mass is 15.0. The van der Waals surface area contributed by atoms with Gasteiger partial charge in [-0.05, 0) is 88.6 Å². The summed E-state index contributed by atoms with van der Waals surface area (Å²) in [5.41, 5.74) is 10.1. The highest BCUT2D eigenvalue weighted by molar-refractivity contribution is 6.24. The van der Waals surface area contributed by atoms with Crippen LogP contribution in [0.25, 0.3) is 111 Å². The molecule has 0 saturated heterocycles. The molecule has 0 N–H and O–H groups in total. The highest BCUT2D eigenvalue weighted by Gasteiger charge is 2.17. The van der Waals surface area contributed by atoms with Crippen molar-refractivity contribution in [2.24, 2.45) is 0 Å². The molecule has 3 nitrogen and oxygen atoms in total. The van der Waals surface area contributed by atoms with E-state index in [1.54, 1.807) is 0 Å². The zero-order chi connectivity index (χ0) is 38.4. The molecule has 0 aliphatic rings. The Morgan fingerprint density at radius 3 is 1.14 bits per heavy atom. The Balaban J connectivity index is 0.977. The van der Waals surface area contributed by atoms with Gasteiger partial charge in [-0.15, -0.1) is 0 Å². The molecule has 0 aliphatic heterocycles. The highest BCUT2D eigenvalue weighted by Crippen LogP contribution is 2.43. The molecule has 0 unspecified atom stereocenters. The zero-order valence-electron chi connectivity index (χ0n) is 31.5. The Morgan fingerprint density at radius 1 is 0.207 bits per heavy atom. The lowest BCUT2D eigenvalue weighted by Gasteiger charge is -2.17. The lowest BCUT2D eigenvalue weighted by molar-refractivity contribution is 1.07. The summed E-state index contributed by atoms with van der Waals surface area (Å²) in [4.78, 5) is 14.7. The lowest BCUT2D eigenvalue weighted by atomic mass is 9.86. The summed E-state index contributed by atoms with van der Waals surface area (Å²) in [7, 11) is 0. The van der Waals surface area contributed by atoms with Gasteiger partial charge in [0.15, 0.2) is 17.5 Å². The second-order valence-electron chi connectivity index (χ2n) is 14.8. The van der Waals surface area contributed by atoms with Crippen LogP contribution in [0.5, 0.6) is 0 Å². The fourth-order valence-electron chi connectivity index (χ4n) is 8.46. The fraction of sp³-hybridized carbons (Fsp3) is 0. The van der Waals surface area contributed by atoms with E-state index in [0.717, 1.165) is 27.8 Å². The van der Waals surface area contributed by atoms with E-state index in [1.807, 2.05) is 60.7 Å². The number of nitrogens with zero attached hydrogens (tertiary/aromatic N) is 3. The molecule has 3 heteroatoms. The molecule has 0 saturated carbocycles. The summed E-state index contributed by atoms with van der Waals surface area (Å²) in [6.07, 6.45) is 0. The average molecular weight is 738 g/mol. The van der Waals surface area contributed by atoms with E-state index in [1.165, 1.54) is 65.3 Å².